The maximum absolute atomic E-state index is 12.0. The third kappa shape index (κ3) is 2.47. The first-order valence-electron chi connectivity index (χ1n) is 6.24. The van der Waals surface area contributed by atoms with Crippen molar-refractivity contribution in [1.82, 2.24) is 14.9 Å². The van der Waals surface area contributed by atoms with E-state index in [1.54, 1.807) is 19.3 Å². The summed E-state index contributed by atoms with van der Waals surface area (Å²) in [6.45, 7) is 0. The number of nitrogens with one attached hydrogen (secondary N) is 1. The molecular formula is C14H11N5O2. The Hall–Kier alpha value is -3.14. The lowest BCUT2D eigenvalue weighted by Gasteiger charge is -2.00. The van der Waals surface area contributed by atoms with Crippen LogP contribution in [0.25, 0.3) is 11.0 Å². The number of aryl methyl sites for hydroxylation is 1. The van der Waals surface area contributed by atoms with Crippen LogP contribution in [0.5, 0.6) is 0 Å². The van der Waals surface area contributed by atoms with E-state index in [0.717, 1.165) is 5.39 Å². The molecule has 0 aliphatic rings. The number of aromatic nitrogens is 3. The third-order valence-corrected chi connectivity index (χ3v) is 2.99. The molecule has 2 aromatic heterocycles. The van der Waals surface area contributed by atoms with Crippen LogP contribution in [-0.4, -0.2) is 20.8 Å². The highest BCUT2D eigenvalue weighted by molar-refractivity contribution is 5.94. The SMILES string of the molecule is Cn1cc(C#N)c(NC(=O)Cc2noc3ccccc23)n1. The van der Waals surface area contributed by atoms with Gasteiger partial charge in [0.25, 0.3) is 0 Å². The number of rotatable bonds is 3. The molecule has 0 aliphatic carbocycles. The summed E-state index contributed by atoms with van der Waals surface area (Å²) in [6, 6.07) is 9.30. The zero-order valence-electron chi connectivity index (χ0n) is 11.2. The van der Waals surface area contributed by atoms with Crippen LogP contribution in [0.2, 0.25) is 0 Å². The van der Waals surface area contributed by atoms with Gasteiger partial charge in [-0.05, 0) is 12.1 Å². The summed E-state index contributed by atoms with van der Waals surface area (Å²) in [5.41, 5.74) is 1.50. The summed E-state index contributed by atoms with van der Waals surface area (Å²) in [5.74, 6) is -0.0537. The van der Waals surface area contributed by atoms with E-state index in [2.05, 4.69) is 15.6 Å². The van der Waals surface area contributed by atoms with Crippen molar-refractivity contribution < 1.29 is 9.32 Å². The second kappa shape index (κ2) is 5.09. The molecule has 0 atom stereocenters. The number of nitriles is 1. The van der Waals surface area contributed by atoms with Gasteiger partial charge in [0.1, 0.15) is 17.3 Å². The number of carbonyl (C=O) groups is 1. The van der Waals surface area contributed by atoms with Crippen LogP contribution in [0.3, 0.4) is 0 Å². The third-order valence-electron chi connectivity index (χ3n) is 2.99. The molecule has 1 N–H and O–H groups in total. The number of amides is 1. The molecule has 1 aromatic carbocycles. The number of anilines is 1. The van der Waals surface area contributed by atoms with Crippen molar-refractivity contribution in [2.45, 2.75) is 6.42 Å². The second-order valence-electron chi connectivity index (χ2n) is 4.53. The van der Waals surface area contributed by atoms with Crippen molar-refractivity contribution in [2.75, 3.05) is 5.32 Å². The highest BCUT2D eigenvalue weighted by Gasteiger charge is 2.15. The number of fused-ring (bicyclic) bond motifs is 1. The lowest BCUT2D eigenvalue weighted by Crippen LogP contribution is -2.16. The Labute approximate surface area is 119 Å². The quantitative estimate of drug-likeness (QED) is 0.786. The van der Waals surface area contributed by atoms with Gasteiger partial charge in [0.05, 0.1) is 6.42 Å². The first kappa shape index (κ1) is 12.9. The van der Waals surface area contributed by atoms with Gasteiger partial charge in [-0.25, -0.2) is 0 Å². The van der Waals surface area contributed by atoms with Crippen molar-refractivity contribution in [3.8, 4) is 6.07 Å². The molecule has 21 heavy (non-hydrogen) atoms. The van der Waals surface area contributed by atoms with Gasteiger partial charge < -0.3 is 9.84 Å². The molecule has 1 amide bonds. The van der Waals surface area contributed by atoms with Gasteiger partial charge in [0.15, 0.2) is 11.4 Å². The second-order valence-corrected chi connectivity index (χ2v) is 4.53. The Kier molecular flexibility index (Phi) is 3.12. The van der Waals surface area contributed by atoms with Crippen LogP contribution in [0, 0.1) is 11.3 Å². The predicted molar refractivity (Wildman–Crippen MR) is 74.3 cm³/mol. The fraction of sp³-hybridized carbons (Fsp3) is 0.143. The van der Waals surface area contributed by atoms with Gasteiger partial charge in [-0.2, -0.15) is 10.4 Å². The number of benzene rings is 1. The Morgan fingerprint density at radius 1 is 1.48 bits per heavy atom. The zero-order valence-corrected chi connectivity index (χ0v) is 11.2. The molecule has 0 saturated carbocycles. The summed E-state index contributed by atoms with van der Waals surface area (Å²) < 4.78 is 6.62. The van der Waals surface area contributed by atoms with Crippen LogP contribution in [0.15, 0.2) is 35.0 Å². The van der Waals surface area contributed by atoms with Crippen LogP contribution >= 0.6 is 0 Å². The topological polar surface area (TPSA) is 96.7 Å². The molecule has 104 valence electrons. The van der Waals surface area contributed by atoms with E-state index in [9.17, 15) is 4.79 Å². The van der Waals surface area contributed by atoms with Gasteiger partial charge in [-0.3, -0.25) is 9.48 Å². The highest BCUT2D eigenvalue weighted by Crippen LogP contribution is 2.19. The fourth-order valence-electron chi connectivity index (χ4n) is 2.06. The van der Waals surface area contributed by atoms with E-state index in [-0.39, 0.29) is 18.1 Å². The molecule has 0 aliphatic heterocycles. The van der Waals surface area contributed by atoms with Gasteiger partial charge in [0, 0.05) is 18.6 Å². The Morgan fingerprint density at radius 3 is 3.10 bits per heavy atom. The summed E-state index contributed by atoms with van der Waals surface area (Å²) in [5, 5.41) is 20.3. The van der Waals surface area contributed by atoms with Crippen LogP contribution in [0.1, 0.15) is 11.3 Å². The van der Waals surface area contributed by atoms with Crippen molar-refractivity contribution in [1.29, 1.82) is 5.26 Å². The molecule has 0 radical (unpaired) electrons. The largest absolute Gasteiger partial charge is 0.356 e. The average Bonchev–Trinajstić information content (AvgIpc) is 3.03. The van der Waals surface area contributed by atoms with Gasteiger partial charge >= 0.3 is 0 Å². The molecular weight excluding hydrogens is 270 g/mol. The van der Waals surface area contributed by atoms with E-state index in [1.807, 2.05) is 24.3 Å². The summed E-state index contributed by atoms with van der Waals surface area (Å²) in [7, 11) is 1.68. The maximum atomic E-state index is 12.0. The van der Waals surface area contributed by atoms with Gasteiger partial charge in [-0.1, -0.05) is 17.3 Å². The smallest absolute Gasteiger partial charge is 0.231 e. The molecule has 0 unspecified atom stereocenters. The number of carbonyl (C=O) groups excluding carboxylic acids is 1. The van der Waals surface area contributed by atoms with Gasteiger partial charge in [-0.15, -0.1) is 0 Å². The predicted octanol–water partition coefficient (Wildman–Crippen LogP) is 1.61. The number of nitrogens with zero attached hydrogens (tertiary/aromatic N) is 4. The van der Waals surface area contributed by atoms with E-state index >= 15 is 0 Å². The minimum atomic E-state index is -0.302. The zero-order chi connectivity index (χ0) is 14.8. The van der Waals surface area contributed by atoms with Crippen LogP contribution < -0.4 is 5.32 Å². The molecule has 0 spiro atoms. The molecule has 0 fully saturated rings. The minimum Gasteiger partial charge on any atom is -0.356 e. The standard InChI is InChI=1S/C14H11N5O2/c1-19-8-9(7-15)14(17-19)16-13(20)6-11-10-4-2-3-5-12(10)21-18-11/h2-5,8H,6H2,1H3,(H,16,17,20). The van der Waals surface area contributed by atoms with Gasteiger partial charge in [0.2, 0.25) is 5.91 Å². The Morgan fingerprint density at radius 2 is 2.29 bits per heavy atom. The first-order valence-corrected chi connectivity index (χ1v) is 6.24. The number of hydrogen-bond donors (Lipinski definition) is 1. The maximum Gasteiger partial charge on any atom is 0.231 e. The summed E-state index contributed by atoms with van der Waals surface area (Å²) in [6.07, 6.45) is 1.60. The summed E-state index contributed by atoms with van der Waals surface area (Å²) in [4.78, 5) is 12.0. The van der Waals surface area contributed by atoms with Crippen molar-refractivity contribution >= 4 is 22.7 Å². The van der Waals surface area contributed by atoms with Crippen molar-refractivity contribution in [2.24, 2.45) is 7.05 Å². The fourth-order valence-corrected chi connectivity index (χ4v) is 2.06. The number of para-hydroxylation sites is 1. The average molecular weight is 281 g/mol. The summed E-state index contributed by atoms with van der Waals surface area (Å²) >= 11 is 0. The normalized spacial score (nSPS) is 10.5. The minimum absolute atomic E-state index is 0.0540. The van der Waals surface area contributed by atoms with Crippen molar-refractivity contribution in [3.05, 3.63) is 41.7 Å². The Balaban J connectivity index is 1.79. The lowest BCUT2D eigenvalue weighted by molar-refractivity contribution is -0.115. The molecule has 3 rings (SSSR count). The van der Waals surface area contributed by atoms with E-state index < -0.39 is 0 Å². The van der Waals surface area contributed by atoms with Crippen molar-refractivity contribution in [3.63, 3.8) is 0 Å². The first-order chi connectivity index (χ1) is 10.2. The van der Waals surface area contributed by atoms with Crippen LogP contribution in [0.4, 0.5) is 5.82 Å². The molecule has 3 aromatic rings. The molecule has 2 heterocycles. The molecule has 7 heteroatoms. The molecule has 7 nitrogen and oxygen atoms in total. The Bertz CT molecular complexity index is 856. The van der Waals surface area contributed by atoms with E-state index in [0.29, 0.717) is 16.8 Å². The number of hydrogen-bond acceptors (Lipinski definition) is 5. The van der Waals surface area contributed by atoms with E-state index in [1.165, 1.54) is 4.68 Å². The highest BCUT2D eigenvalue weighted by atomic mass is 16.5. The molecule has 0 saturated heterocycles. The monoisotopic (exact) mass is 281 g/mol. The lowest BCUT2D eigenvalue weighted by atomic mass is 10.1. The van der Waals surface area contributed by atoms with Crippen LogP contribution in [-0.2, 0) is 18.3 Å². The molecule has 0 bridgehead atoms. The van der Waals surface area contributed by atoms with E-state index in [4.69, 9.17) is 9.78 Å².